The third kappa shape index (κ3) is 15.5. The fraction of sp³-hybridized carbons (Fsp3) is 0.484. The first-order valence-electron chi connectivity index (χ1n) is 14.9. The highest BCUT2D eigenvalue weighted by Crippen LogP contribution is 2.20. The van der Waals surface area contributed by atoms with Crippen molar-refractivity contribution >= 4 is 35.5 Å². The molecule has 46 heavy (non-hydrogen) atoms. The molecule has 2 aromatic rings. The zero-order valence-electron chi connectivity index (χ0n) is 26.2. The number of alkyl halides is 3. The predicted octanol–water partition coefficient (Wildman–Crippen LogP) is 5.40. The third-order valence-corrected chi connectivity index (χ3v) is 6.48. The average Bonchev–Trinajstić information content (AvgIpc) is 3.68. The van der Waals surface area contributed by atoms with E-state index in [4.69, 9.17) is 14.6 Å². The van der Waals surface area contributed by atoms with Crippen molar-refractivity contribution < 1.29 is 42.2 Å². The van der Waals surface area contributed by atoms with E-state index in [9.17, 15) is 27.6 Å². The summed E-state index contributed by atoms with van der Waals surface area (Å²) in [5.74, 6) is -2.76. The van der Waals surface area contributed by atoms with E-state index in [1.165, 1.54) is 6.42 Å². The van der Waals surface area contributed by atoms with E-state index in [-0.39, 0.29) is 24.2 Å². The van der Waals surface area contributed by atoms with Gasteiger partial charge >= 0.3 is 30.3 Å². The monoisotopic (exact) mass is 652 g/mol. The van der Waals surface area contributed by atoms with Gasteiger partial charge in [0.2, 0.25) is 0 Å². The zero-order chi connectivity index (χ0) is 34.2. The lowest BCUT2D eigenvalue weighted by Crippen LogP contribution is -2.45. The van der Waals surface area contributed by atoms with Gasteiger partial charge in [0.05, 0.1) is 6.04 Å². The molecule has 0 saturated carbocycles. The van der Waals surface area contributed by atoms with E-state index in [1.807, 2.05) is 81.4 Å². The number of likely N-dealkylation sites (tertiary alicyclic amines) is 1. The number of hydrogen-bond donors (Lipinski definition) is 6. The molecule has 2 saturated heterocycles. The van der Waals surface area contributed by atoms with Crippen LogP contribution in [0.1, 0.15) is 46.5 Å². The van der Waals surface area contributed by atoms with Gasteiger partial charge in [-0.3, -0.25) is 0 Å². The Labute approximate surface area is 266 Å². The Hall–Kier alpha value is -4.53. The molecule has 2 aromatic carbocycles. The molecule has 0 aliphatic carbocycles. The molecule has 2 heterocycles. The van der Waals surface area contributed by atoms with Gasteiger partial charge in [-0.05, 0) is 77.3 Å². The number of hydrogen-bond acceptors (Lipinski definition) is 6. The molecular formula is C31H43F3N6O6. The number of carbonyl (C=O) groups is 4. The Morgan fingerprint density at radius 3 is 1.78 bits per heavy atom. The quantitative estimate of drug-likeness (QED) is 0.244. The smallest absolute Gasteiger partial charge is 0.475 e. The van der Waals surface area contributed by atoms with Crippen molar-refractivity contribution in [2.75, 3.05) is 36.8 Å². The summed E-state index contributed by atoms with van der Waals surface area (Å²) in [6.45, 7) is 8.38. The lowest BCUT2D eigenvalue weighted by Gasteiger charge is -2.28. The van der Waals surface area contributed by atoms with Gasteiger partial charge in [0, 0.05) is 37.1 Å². The third-order valence-electron chi connectivity index (χ3n) is 6.48. The van der Waals surface area contributed by atoms with Crippen LogP contribution >= 0.6 is 0 Å². The van der Waals surface area contributed by atoms with Crippen molar-refractivity contribution in [3.05, 3.63) is 60.7 Å². The lowest BCUT2D eigenvalue weighted by molar-refractivity contribution is -0.192. The molecule has 12 nitrogen and oxygen atoms in total. The van der Waals surface area contributed by atoms with Gasteiger partial charge in [-0.25, -0.2) is 19.2 Å². The van der Waals surface area contributed by atoms with E-state index in [0.717, 1.165) is 37.2 Å². The van der Waals surface area contributed by atoms with E-state index in [1.54, 1.807) is 4.90 Å². The van der Waals surface area contributed by atoms with Crippen LogP contribution in [0.25, 0.3) is 0 Å². The highest BCUT2D eigenvalue weighted by atomic mass is 19.4. The summed E-state index contributed by atoms with van der Waals surface area (Å²) in [5.41, 5.74) is 1.04. The highest BCUT2D eigenvalue weighted by Gasteiger charge is 2.38. The van der Waals surface area contributed by atoms with Gasteiger partial charge in [-0.15, -0.1) is 0 Å². The van der Waals surface area contributed by atoms with Crippen LogP contribution in [0.5, 0.6) is 0 Å². The Kier molecular flexibility index (Phi) is 15.1. The molecule has 4 rings (SSSR count). The SMILES string of the molecule is CC(C)(C)OC(=O)N1CCC[C@H]1CNC(=O)Nc1ccccc1.O=C(NC[C@@H]1CCCN1)Nc1ccccc1.O=C(O)C(F)(F)F. The fourth-order valence-electron chi connectivity index (χ4n) is 4.36. The zero-order valence-corrected chi connectivity index (χ0v) is 26.2. The number of amides is 5. The fourth-order valence-corrected chi connectivity index (χ4v) is 4.36. The van der Waals surface area contributed by atoms with Crippen LogP contribution in [0, 0.1) is 0 Å². The van der Waals surface area contributed by atoms with Crippen LogP contribution in [0.2, 0.25) is 0 Å². The molecule has 254 valence electrons. The minimum absolute atomic E-state index is 0.0219. The van der Waals surface area contributed by atoms with Crippen LogP contribution in [-0.2, 0) is 9.53 Å². The minimum atomic E-state index is -5.08. The highest BCUT2D eigenvalue weighted by molar-refractivity contribution is 5.89. The first kappa shape index (κ1) is 37.7. The number of halogens is 3. The number of nitrogens with zero attached hydrogens (tertiary/aromatic N) is 1. The Bertz CT molecular complexity index is 1240. The molecule has 15 heteroatoms. The summed E-state index contributed by atoms with van der Waals surface area (Å²) in [7, 11) is 0. The number of carboxylic acids is 1. The lowest BCUT2D eigenvalue weighted by atomic mass is 10.2. The predicted molar refractivity (Wildman–Crippen MR) is 168 cm³/mol. The summed E-state index contributed by atoms with van der Waals surface area (Å²) in [5, 5.41) is 21.7. The van der Waals surface area contributed by atoms with Crippen molar-refractivity contribution in [2.24, 2.45) is 0 Å². The summed E-state index contributed by atoms with van der Waals surface area (Å²) >= 11 is 0. The number of para-hydroxylation sites is 2. The Balaban J connectivity index is 0.000000276. The number of anilines is 2. The van der Waals surface area contributed by atoms with Gasteiger partial charge in [0.15, 0.2) is 0 Å². The topological polar surface area (TPSA) is 161 Å². The maximum atomic E-state index is 12.2. The number of ether oxygens (including phenoxy) is 1. The Morgan fingerprint density at radius 1 is 0.848 bits per heavy atom. The number of aliphatic carboxylic acids is 1. The van der Waals surface area contributed by atoms with Crippen molar-refractivity contribution in [1.82, 2.24) is 20.9 Å². The number of urea groups is 2. The summed E-state index contributed by atoms with van der Waals surface area (Å²) in [6, 6.07) is 18.7. The standard InChI is InChI=1S/C17H25N3O3.C12H17N3O.C2HF3O2/c1-17(2,3)23-16(22)20-11-7-10-14(20)12-18-15(21)19-13-8-5-4-6-9-13;16-12(14-9-11-7-4-8-13-11)15-10-5-2-1-3-6-10;3-2(4,5)1(6)7/h4-6,8-9,14H,7,10-12H2,1-3H3,(H2,18,19,21);1-3,5-6,11,13H,4,7-9H2,(H2,14,15,16);(H,6,7)/t14-;11-;/m00./s1. The number of carboxylic acid groups (broad SMARTS) is 1. The van der Waals surface area contributed by atoms with Crippen LogP contribution in [0.4, 0.5) is 38.9 Å². The molecule has 0 aromatic heterocycles. The van der Waals surface area contributed by atoms with Crippen molar-refractivity contribution in [2.45, 2.75) is 70.3 Å². The van der Waals surface area contributed by atoms with E-state index >= 15 is 0 Å². The Morgan fingerprint density at radius 2 is 1.35 bits per heavy atom. The van der Waals surface area contributed by atoms with E-state index in [2.05, 4.69) is 26.6 Å². The van der Waals surface area contributed by atoms with E-state index < -0.39 is 17.7 Å². The largest absolute Gasteiger partial charge is 0.490 e. The first-order valence-corrected chi connectivity index (χ1v) is 14.9. The number of benzene rings is 2. The van der Waals surface area contributed by atoms with E-state index in [0.29, 0.717) is 25.7 Å². The molecule has 0 bridgehead atoms. The van der Waals surface area contributed by atoms with Crippen molar-refractivity contribution in [3.8, 4) is 0 Å². The summed E-state index contributed by atoms with van der Waals surface area (Å²) in [6.07, 6.45) is -1.26. The average molecular weight is 653 g/mol. The molecule has 5 amide bonds. The van der Waals surface area contributed by atoms with Crippen LogP contribution in [-0.4, -0.2) is 84.2 Å². The molecule has 0 spiro atoms. The van der Waals surface area contributed by atoms with Crippen molar-refractivity contribution in [1.29, 1.82) is 0 Å². The molecule has 6 N–H and O–H groups in total. The number of nitrogens with one attached hydrogen (secondary N) is 5. The first-order chi connectivity index (χ1) is 21.6. The molecule has 0 unspecified atom stereocenters. The number of carbonyl (C=O) groups excluding carboxylic acids is 3. The van der Waals surface area contributed by atoms with Crippen LogP contribution in [0.3, 0.4) is 0 Å². The normalized spacial score (nSPS) is 17.3. The second kappa shape index (κ2) is 18.4. The molecule has 2 fully saturated rings. The van der Waals surface area contributed by atoms with Gasteiger partial charge in [-0.2, -0.15) is 13.2 Å². The van der Waals surface area contributed by atoms with Crippen molar-refractivity contribution in [3.63, 3.8) is 0 Å². The number of rotatable bonds is 6. The maximum absolute atomic E-state index is 12.2. The second-order valence-corrected chi connectivity index (χ2v) is 11.5. The molecular weight excluding hydrogens is 609 g/mol. The van der Waals surface area contributed by atoms with Crippen LogP contribution < -0.4 is 26.6 Å². The molecule has 2 aliphatic rings. The minimum Gasteiger partial charge on any atom is -0.475 e. The second-order valence-electron chi connectivity index (χ2n) is 11.5. The maximum Gasteiger partial charge on any atom is 0.490 e. The van der Waals surface area contributed by atoms with Gasteiger partial charge in [0.1, 0.15) is 5.60 Å². The summed E-state index contributed by atoms with van der Waals surface area (Å²) in [4.78, 5) is 46.2. The molecule has 2 atom stereocenters. The van der Waals surface area contributed by atoms with Gasteiger partial charge in [-0.1, -0.05) is 36.4 Å². The molecule has 0 radical (unpaired) electrons. The molecule has 2 aliphatic heterocycles. The van der Waals surface area contributed by atoms with Gasteiger partial charge in [0.25, 0.3) is 0 Å². The van der Waals surface area contributed by atoms with Crippen LogP contribution in [0.15, 0.2) is 60.7 Å². The summed E-state index contributed by atoms with van der Waals surface area (Å²) < 4.78 is 37.1. The van der Waals surface area contributed by atoms with Gasteiger partial charge < -0.3 is 41.3 Å².